The fourth-order valence-electron chi connectivity index (χ4n) is 1.27. The van der Waals surface area contributed by atoms with E-state index in [9.17, 15) is 14.7 Å². The van der Waals surface area contributed by atoms with E-state index in [4.69, 9.17) is 10.8 Å². The molecule has 0 aliphatic rings. The van der Waals surface area contributed by atoms with Gasteiger partial charge >= 0.3 is 12.0 Å². The molecule has 0 spiro atoms. The first-order chi connectivity index (χ1) is 7.52. The first-order valence-electron chi connectivity index (χ1n) is 4.54. The van der Waals surface area contributed by atoms with Crippen LogP contribution in [0.2, 0.25) is 0 Å². The van der Waals surface area contributed by atoms with E-state index in [1.54, 1.807) is 30.3 Å². The van der Waals surface area contributed by atoms with Gasteiger partial charge in [-0.05, 0) is 5.56 Å². The van der Waals surface area contributed by atoms with E-state index in [1.165, 1.54) is 0 Å². The van der Waals surface area contributed by atoms with E-state index in [-0.39, 0.29) is 0 Å². The Morgan fingerprint density at radius 1 is 1.25 bits per heavy atom. The van der Waals surface area contributed by atoms with Gasteiger partial charge in [-0.1, -0.05) is 30.3 Å². The molecule has 6 heteroatoms. The Morgan fingerprint density at radius 3 is 2.25 bits per heavy atom. The van der Waals surface area contributed by atoms with Gasteiger partial charge in [0, 0.05) is 0 Å². The normalized spacial score (nSPS) is 13.8. The summed E-state index contributed by atoms with van der Waals surface area (Å²) in [5.74, 6) is -1.35. The molecule has 0 fully saturated rings. The van der Waals surface area contributed by atoms with Crippen LogP contribution in [0.4, 0.5) is 4.79 Å². The summed E-state index contributed by atoms with van der Waals surface area (Å²) >= 11 is 0. The number of aliphatic hydroxyl groups is 1. The van der Waals surface area contributed by atoms with Crippen molar-refractivity contribution in [2.45, 2.75) is 12.1 Å². The maximum atomic E-state index is 10.8. The first-order valence-corrected chi connectivity index (χ1v) is 4.54. The van der Waals surface area contributed by atoms with Crippen molar-refractivity contribution in [2.75, 3.05) is 0 Å². The zero-order chi connectivity index (χ0) is 12.1. The maximum absolute atomic E-state index is 10.8. The van der Waals surface area contributed by atoms with Gasteiger partial charge in [0.05, 0.1) is 0 Å². The van der Waals surface area contributed by atoms with Gasteiger partial charge in [-0.3, -0.25) is 0 Å². The summed E-state index contributed by atoms with van der Waals surface area (Å²) in [6, 6.07) is 5.70. The van der Waals surface area contributed by atoms with Crippen LogP contribution in [0.1, 0.15) is 11.7 Å². The van der Waals surface area contributed by atoms with Crippen molar-refractivity contribution in [3.63, 3.8) is 0 Å². The number of hydrogen-bond acceptors (Lipinski definition) is 3. The first kappa shape index (κ1) is 12.0. The van der Waals surface area contributed by atoms with E-state index in [0.717, 1.165) is 0 Å². The van der Waals surface area contributed by atoms with Gasteiger partial charge in [0.2, 0.25) is 0 Å². The zero-order valence-corrected chi connectivity index (χ0v) is 8.33. The number of aliphatic hydroxyl groups excluding tert-OH is 1. The van der Waals surface area contributed by atoms with Crippen LogP contribution in [-0.2, 0) is 4.79 Å². The largest absolute Gasteiger partial charge is 0.480 e. The third-order valence-corrected chi connectivity index (χ3v) is 2.02. The predicted molar refractivity (Wildman–Crippen MR) is 55.5 cm³/mol. The van der Waals surface area contributed by atoms with Gasteiger partial charge in [-0.2, -0.15) is 0 Å². The van der Waals surface area contributed by atoms with Crippen molar-refractivity contribution in [3.05, 3.63) is 35.9 Å². The maximum Gasteiger partial charge on any atom is 0.329 e. The predicted octanol–water partition coefficient (Wildman–Crippen LogP) is -0.158. The number of carbonyl (C=O) groups is 2. The van der Waals surface area contributed by atoms with Crippen LogP contribution in [-0.4, -0.2) is 28.3 Å². The summed E-state index contributed by atoms with van der Waals surface area (Å²) in [4.78, 5) is 21.4. The molecule has 0 radical (unpaired) electrons. The Balaban J connectivity index is 2.87. The SMILES string of the molecule is NC(=O)N[C@H](C(=O)O)[C@@H](O)c1ccccc1. The summed E-state index contributed by atoms with van der Waals surface area (Å²) < 4.78 is 0. The van der Waals surface area contributed by atoms with Gasteiger partial charge < -0.3 is 21.3 Å². The number of primary amides is 1. The van der Waals surface area contributed by atoms with E-state index >= 15 is 0 Å². The molecule has 16 heavy (non-hydrogen) atoms. The second kappa shape index (κ2) is 5.13. The molecule has 0 saturated heterocycles. The number of amides is 2. The van der Waals surface area contributed by atoms with Crippen LogP contribution in [0.25, 0.3) is 0 Å². The molecule has 2 atom stereocenters. The number of carboxylic acid groups (broad SMARTS) is 1. The lowest BCUT2D eigenvalue weighted by Gasteiger charge is -2.19. The number of rotatable bonds is 4. The summed E-state index contributed by atoms with van der Waals surface area (Å²) in [6.45, 7) is 0. The van der Waals surface area contributed by atoms with Gasteiger partial charge in [-0.25, -0.2) is 9.59 Å². The Morgan fingerprint density at radius 2 is 1.81 bits per heavy atom. The fourth-order valence-corrected chi connectivity index (χ4v) is 1.27. The van der Waals surface area contributed by atoms with Crippen LogP contribution < -0.4 is 11.1 Å². The van der Waals surface area contributed by atoms with E-state index in [1.807, 2.05) is 5.32 Å². The van der Waals surface area contributed by atoms with Crippen LogP contribution in [0, 0.1) is 0 Å². The molecule has 6 nitrogen and oxygen atoms in total. The monoisotopic (exact) mass is 224 g/mol. The van der Waals surface area contributed by atoms with Crippen molar-refractivity contribution in [2.24, 2.45) is 5.73 Å². The summed E-state index contributed by atoms with van der Waals surface area (Å²) in [5, 5.41) is 20.5. The highest BCUT2D eigenvalue weighted by molar-refractivity contribution is 5.82. The number of carboxylic acids is 1. The Labute approximate surface area is 91.7 Å². The number of carbonyl (C=O) groups excluding carboxylic acids is 1. The zero-order valence-electron chi connectivity index (χ0n) is 8.33. The molecule has 86 valence electrons. The minimum Gasteiger partial charge on any atom is -0.480 e. The molecule has 0 unspecified atom stereocenters. The topological polar surface area (TPSA) is 113 Å². The molecule has 0 bridgehead atoms. The Kier molecular flexibility index (Phi) is 3.84. The van der Waals surface area contributed by atoms with Crippen molar-refractivity contribution in [3.8, 4) is 0 Å². The second-order valence-corrected chi connectivity index (χ2v) is 3.18. The van der Waals surface area contributed by atoms with Crippen LogP contribution in [0.3, 0.4) is 0 Å². The average Bonchev–Trinajstić information content (AvgIpc) is 2.25. The van der Waals surface area contributed by atoms with E-state index in [0.29, 0.717) is 5.56 Å². The molecule has 0 aromatic heterocycles. The number of benzene rings is 1. The second-order valence-electron chi connectivity index (χ2n) is 3.18. The molecular formula is C10H12N2O4. The highest BCUT2D eigenvalue weighted by Gasteiger charge is 2.28. The lowest BCUT2D eigenvalue weighted by Crippen LogP contribution is -2.47. The molecule has 2 amide bonds. The fraction of sp³-hybridized carbons (Fsp3) is 0.200. The third kappa shape index (κ3) is 2.96. The molecule has 1 rings (SSSR count). The van der Waals surface area contributed by atoms with Crippen LogP contribution in [0.15, 0.2) is 30.3 Å². The lowest BCUT2D eigenvalue weighted by molar-refractivity contribution is -0.142. The number of urea groups is 1. The smallest absolute Gasteiger partial charge is 0.329 e. The van der Waals surface area contributed by atoms with Crippen LogP contribution in [0.5, 0.6) is 0 Å². The highest BCUT2D eigenvalue weighted by atomic mass is 16.4. The van der Waals surface area contributed by atoms with E-state index in [2.05, 4.69) is 0 Å². The van der Waals surface area contributed by atoms with Crippen molar-refractivity contribution in [1.82, 2.24) is 5.32 Å². The number of nitrogens with two attached hydrogens (primary N) is 1. The standard InChI is InChI=1S/C10H12N2O4/c11-10(16)12-7(9(14)15)8(13)6-4-2-1-3-5-6/h1-5,7-8,13H,(H,14,15)(H3,11,12,16)/t7-,8-/m0/s1. The Bertz CT molecular complexity index is 380. The van der Waals surface area contributed by atoms with E-state index < -0.39 is 24.1 Å². The minimum atomic E-state index is -1.46. The molecule has 0 aliphatic heterocycles. The van der Waals surface area contributed by atoms with Gasteiger partial charge in [-0.15, -0.1) is 0 Å². The summed E-state index contributed by atoms with van der Waals surface area (Å²) in [5.41, 5.74) is 5.21. The van der Waals surface area contributed by atoms with Crippen LogP contribution >= 0.6 is 0 Å². The molecule has 0 saturated carbocycles. The summed E-state index contributed by atoms with van der Waals surface area (Å²) in [7, 11) is 0. The number of nitrogens with one attached hydrogen (secondary N) is 1. The van der Waals surface area contributed by atoms with Crippen molar-refractivity contribution >= 4 is 12.0 Å². The number of aliphatic carboxylic acids is 1. The minimum absolute atomic E-state index is 0.392. The molecule has 5 N–H and O–H groups in total. The van der Waals surface area contributed by atoms with Crippen molar-refractivity contribution in [1.29, 1.82) is 0 Å². The molecular weight excluding hydrogens is 212 g/mol. The number of hydrogen-bond donors (Lipinski definition) is 4. The molecule has 1 aromatic carbocycles. The molecule has 1 aromatic rings. The average molecular weight is 224 g/mol. The molecule has 0 heterocycles. The molecule has 0 aliphatic carbocycles. The summed E-state index contributed by atoms with van der Waals surface area (Å²) in [6.07, 6.45) is -1.34. The third-order valence-electron chi connectivity index (χ3n) is 2.02. The van der Waals surface area contributed by atoms with Gasteiger partial charge in [0.15, 0.2) is 6.04 Å². The lowest BCUT2D eigenvalue weighted by atomic mass is 10.0. The quantitative estimate of drug-likeness (QED) is 0.569. The van der Waals surface area contributed by atoms with Crippen molar-refractivity contribution < 1.29 is 19.8 Å². The highest BCUT2D eigenvalue weighted by Crippen LogP contribution is 2.16. The van der Waals surface area contributed by atoms with Gasteiger partial charge in [0.25, 0.3) is 0 Å². The Hall–Kier alpha value is -2.08. The van der Waals surface area contributed by atoms with Gasteiger partial charge in [0.1, 0.15) is 6.10 Å².